The zero-order valence-electron chi connectivity index (χ0n) is 15.8. The summed E-state index contributed by atoms with van der Waals surface area (Å²) in [6.07, 6.45) is 2.34. The predicted molar refractivity (Wildman–Crippen MR) is 106 cm³/mol. The average molecular weight is 388 g/mol. The van der Waals surface area contributed by atoms with Crippen LogP contribution in [0.5, 0.6) is 0 Å². The molecule has 0 saturated heterocycles. The van der Waals surface area contributed by atoms with Gasteiger partial charge in [-0.1, -0.05) is 6.07 Å². The molecule has 2 amide bonds. The van der Waals surface area contributed by atoms with Crippen LogP contribution in [0, 0.1) is 0 Å². The molecule has 0 aromatic carbocycles. The van der Waals surface area contributed by atoms with Crippen molar-refractivity contribution in [1.82, 2.24) is 19.8 Å². The Morgan fingerprint density at radius 2 is 1.93 bits per heavy atom. The van der Waals surface area contributed by atoms with Crippen LogP contribution in [0.1, 0.15) is 29.0 Å². The van der Waals surface area contributed by atoms with Gasteiger partial charge in [-0.15, -0.1) is 11.3 Å². The zero-order chi connectivity index (χ0) is 19.2. The highest BCUT2D eigenvalue weighted by Gasteiger charge is 2.22. The number of carbonyl (C=O) groups is 2. The lowest BCUT2D eigenvalue weighted by Gasteiger charge is -2.26. The lowest BCUT2D eigenvalue weighted by Crippen LogP contribution is -2.43. The maximum Gasteiger partial charge on any atom is 0.273 e. The van der Waals surface area contributed by atoms with Gasteiger partial charge in [0.1, 0.15) is 18.1 Å². The maximum absolute atomic E-state index is 12.7. The molecule has 0 N–H and O–H groups in total. The standard InChI is InChI=1S/C19H25N5O2S/c1-22-9-5-10-23(2)18(25)12-24(19(26)16-13-27-14-20-16)11-4-7-15-6-3-8-17(22)21-15/h3,6,8,13-14H,4-5,7,9-12H2,1-2H3. The molecule has 0 unspecified atom stereocenters. The van der Waals surface area contributed by atoms with Crippen molar-refractivity contribution in [2.75, 3.05) is 45.2 Å². The highest BCUT2D eigenvalue weighted by molar-refractivity contribution is 7.07. The summed E-state index contributed by atoms with van der Waals surface area (Å²) in [6.45, 7) is 2.03. The highest BCUT2D eigenvalue weighted by atomic mass is 32.1. The summed E-state index contributed by atoms with van der Waals surface area (Å²) in [5, 5.41) is 1.72. The van der Waals surface area contributed by atoms with E-state index in [0.717, 1.165) is 37.3 Å². The molecule has 1 aliphatic rings. The summed E-state index contributed by atoms with van der Waals surface area (Å²) >= 11 is 1.38. The van der Waals surface area contributed by atoms with Crippen LogP contribution in [0.4, 0.5) is 5.82 Å². The number of rotatable bonds is 1. The van der Waals surface area contributed by atoms with Gasteiger partial charge in [-0.25, -0.2) is 9.97 Å². The number of aryl methyl sites for hydroxylation is 1. The van der Waals surface area contributed by atoms with Crippen molar-refractivity contribution in [2.24, 2.45) is 0 Å². The van der Waals surface area contributed by atoms with Gasteiger partial charge >= 0.3 is 0 Å². The Morgan fingerprint density at radius 1 is 1.11 bits per heavy atom. The van der Waals surface area contributed by atoms with Gasteiger partial charge in [0.15, 0.2) is 0 Å². The Balaban J connectivity index is 1.79. The van der Waals surface area contributed by atoms with Crippen molar-refractivity contribution in [1.29, 1.82) is 0 Å². The fraction of sp³-hybridized carbons (Fsp3) is 0.474. The van der Waals surface area contributed by atoms with Gasteiger partial charge in [-0.3, -0.25) is 9.59 Å². The predicted octanol–water partition coefficient (Wildman–Crippen LogP) is 1.91. The SMILES string of the molecule is CN1CCCN(C)c2cccc(n2)CCCN(C(=O)c2cscn2)CC1=O. The summed E-state index contributed by atoms with van der Waals surface area (Å²) in [4.78, 5) is 39.6. The summed E-state index contributed by atoms with van der Waals surface area (Å²) in [5.74, 6) is 0.704. The summed E-state index contributed by atoms with van der Waals surface area (Å²) in [7, 11) is 3.81. The summed E-state index contributed by atoms with van der Waals surface area (Å²) in [5.41, 5.74) is 3.04. The monoisotopic (exact) mass is 387 g/mol. The van der Waals surface area contributed by atoms with Crippen molar-refractivity contribution in [3.8, 4) is 0 Å². The number of hydrogen-bond acceptors (Lipinski definition) is 6. The van der Waals surface area contributed by atoms with Gasteiger partial charge < -0.3 is 14.7 Å². The molecule has 2 aromatic heterocycles. The summed E-state index contributed by atoms with van der Waals surface area (Å²) in [6, 6.07) is 6.03. The molecule has 0 atom stereocenters. The van der Waals surface area contributed by atoms with Gasteiger partial charge in [-0.2, -0.15) is 0 Å². The fourth-order valence-electron chi connectivity index (χ4n) is 3.07. The largest absolute Gasteiger partial charge is 0.360 e. The number of hydrogen-bond donors (Lipinski definition) is 0. The summed E-state index contributed by atoms with van der Waals surface area (Å²) < 4.78 is 0. The van der Waals surface area contributed by atoms with E-state index < -0.39 is 0 Å². The molecular weight excluding hydrogens is 362 g/mol. The van der Waals surface area contributed by atoms with Crippen molar-refractivity contribution >= 4 is 29.0 Å². The molecule has 3 rings (SSSR count). The van der Waals surface area contributed by atoms with Crippen LogP contribution in [0.2, 0.25) is 0 Å². The van der Waals surface area contributed by atoms with Crippen molar-refractivity contribution in [2.45, 2.75) is 19.3 Å². The van der Waals surface area contributed by atoms with Crippen LogP contribution in [0.25, 0.3) is 0 Å². The second kappa shape index (κ2) is 8.94. The van der Waals surface area contributed by atoms with Crippen molar-refractivity contribution in [3.05, 3.63) is 40.5 Å². The number of thiazole rings is 1. The fourth-order valence-corrected chi connectivity index (χ4v) is 3.60. The minimum atomic E-state index is -0.188. The number of amides is 2. The van der Waals surface area contributed by atoms with Crippen LogP contribution in [0.3, 0.4) is 0 Å². The van der Waals surface area contributed by atoms with Gasteiger partial charge in [-0.05, 0) is 31.4 Å². The molecule has 7 nitrogen and oxygen atoms in total. The molecule has 0 fully saturated rings. The molecule has 3 heterocycles. The number of carbonyl (C=O) groups excluding carboxylic acids is 2. The molecule has 0 radical (unpaired) electrons. The van der Waals surface area contributed by atoms with Gasteiger partial charge in [0.05, 0.1) is 5.51 Å². The van der Waals surface area contributed by atoms with Crippen molar-refractivity contribution in [3.63, 3.8) is 0 Å². The molecule has 0 spiro atoms. The van der Waals surface area contributed by atoms with E-state index in [1.165, 1.54) is 11.3 Å². The smallest absolute Gasteiger partial charge is 0.273 e. The normalized spacial score (nSPS) is 17.0. The lowest BCUT2D eigenvalue weighted by atomic mass is 10.2. The number of aromatic nitrogens is 2. The van der Waals surface area contributed by atoms with Crippen LogP contribution >= 0.6 is 11.3 Å². The maximum atomic E-state index is 12.7. The first kappa shape index (κ1) is 19.3. The topological polar surface area (TPSA) is 69.6 Å². The number of likely N-dealkylation sites (N-methyl/N-ethyl adjacent to an activating group) is 1. The number of pyridine rings is 1. The molecule has 0 saturated carbocycles. The van der Waals surface area contributed by atoms with E-state index >= 15 is 0 Å². The molecule has 1 aliphatic heterocycles. The first-order valence-electron chi connectivity index (χ1n) is 9.13. The van der Waals surface area contributed by atoms with Crippen LogP contribution in [-0.2, 0) is 11.2 Å². The van der Waals surface area contributed by atoms with Gasteiger partial charge in [0.25, 0.3) is 5.91 Å². The molecule has 8 heteroatoms. The quantitative estimate of drug-likeness (QED) is 0.748. The van der Waals surface area contributed by atoms with E-state index in [2.05, 4.69) is 9.88 Å². The third-order valence-corrected chi connectivity index (χ3v) is 5.31. The number of nitrogens with zero attached hydrogens (tertiary/aromatic N) is 5. The highest BCUT2D eigenvalue weighted by Crippen LogP contribution is 2.13. The van der Waals surface area contributed by atoms with E-state index in [0.29, 0.717) is 18.8 Å². The average Bonchev–Trinajstić information content (AvgIpc) is 3.20. The Hall–Kier alpha value is -2.48. The van der Waals surface area contributed by atoms with Crippen molar-refractivity contribution < 1.29 is 9.59 Å². The van der Waals surface area contributed by atoms with E-state index in [-0.39, 0.29) is 18.4 Å². The van der Waals surface area contributed by atoms with E-state index in [4.69, 9.17) is 4.98 Å². The number of fused-ring (bicyclic) bond motifs is 2. The minimum Gasteiger partial charge on any atom is -0.360 e. The molecule has 2 aromatic rings. The van der Waals surface area contributed by atoms with E-state index in [1.807, 2.05) is 25.2 Å². The Bertz CT molecular complexity index is 780. The Labute approximate surface area is 163 Å². The van der Waals surface area contributed by atoms with Crippen LogP contribution < -0.4 is 4.90 Å². The van der Waals surface area contributed by atoms with Gasteiger partial charge in [0.2, 0.25) is 5.91 Å². The lowest BCUT2D eigenvalue weighted by molar-refractivity contribution is -0.130. The molecular formula is C19H25N5O2S. The molecule has 0 aliphatic carbocycles. The third kappa shape index (κ3) is 5.03. The van der Waals surface area contributed by atoms with E-state index in [9.17, 15) is 9.59 Å². The third-order valence-electron chi connectivity index (χ3n) is 4.72. The van der Waals surface area contributed by atoms with Gasteiger partial charge in [0, 0.05) is 44.8 Å². The molecule has 27 heavy (non-hydrogen) atoms. The zero-order valence-corrected chi connectivity index (χ0v) is 16.6. The second-order valence-corrected chi connectivity index (χ2v) is 7.50. The minimum absolute atomic E-state index is 0.0464. The first-order valence-corrected chi connectivity index (χ1v) is 10.1. The van der Waals surface area contributed by atoms with Crippen LogP contribution in [0.15, 0.2) is 29.1 Å². The Kier molecular flexibility index (Phi) is 6.39. The van der Waals surface area contributed by atoms with E-state index in [1.54, 1.807) is 27.7 Å². The molecule has 144 valence electrons. The Morgan fingerprint density at radius 3 is 2.70 bits per heavy atom. The number of anilines is 1. The first-order chi connectivity index (χ1) is 13.0. The second-order valence-electron chi connectivity index (χ2n) is 6.78. The van der Waals surface area contributed by atoms with Crippen LogP contribution in [-0.4, -0.2) is 71.9 Å². The molecule has 2 bridgehead atoms.